The molecule has 3 atom stereocenters. The monoisotopic (exact) mass is 265 g/mol. The van der Waals surface area contributed by atoms with Crippen molar-refractivity contribution in [3.05, 3.63) is 29.8 Å². The zero-order chi connectivity index (χ0) is 13.8. The third-order valence-electron chi connectivity index (χ3n) is 6.00. The van der Waals surface area contributed by atoms with Gasteiger partial charge in [0.25, 0.3) is 0 Å². The lowest BCUT2D eigenvalue weighted by Crippen LogP contribution is -2.40. The molecule has 2 aliphatic rings. The summed E-state index contributed by atoms with van der Waals surface area (Å²) in [6, 6.07) is 3.98. The van der Waals surface area contributed by atoms with Crippen molar-refractivity contribution in [2.45, 2.75) is 46.1 Å². The Bertz CT molecular complexity index is 491. The van der Waals surface area contributed by atoms with Crippen molar-refractivity contribution in [2.75, 3.05) is 5.32 Å². The lowest BCUT2D eigenvalue weighted by atomic mass is 9.69. The van der Waals surface area contributed by atoms with Gasteiger partial charge >= 0.3 is 0 Å². The van der Waals surface area contributed by atoms with Gasteiger partial charge in [0.05, 0.1) is 0 Å². The molecule has 0 aromatic heterocycles. The van der Waals surface area contributed by atoms with E-state index in [2.05, 4.69) is 26.1 Å². The molecular weight excluding hydrogens is 244 g/mol. The van der Waals surface area contributed by atoms with Gasteiger partial charge in [-0.25, -0.2) is 8.78 Å². The van der Waals surface area contributed by atoms with Crippen molar-refractivity contribution in [2.24, 2.45) is 16.7 Å². The molecule has 19 heavy (non-hydrogen) atoms. The average Bonchev–Trinajstić information content (AvgIpc) is 2.60. The lowest BCUT2D eigenvalue weighted by molar-refractivity contribution is 0.142. The standard InChI is InChI=1S/C16H21F2N/c1-15(2)10-4-5-16(15,3)14(6-10)19-13-8-11(17)7-12(18)9-13/h7-10,14,19H,4-6H2,1-3H3. The zero-order valence-corrected chi connectivity index (χ0v) is 11.8. The fourth-order valence-corrected chi connectivity index (χ4v) is 4.26. The molecule has 0 spiro atoms. The van der Waals surface area contributed by atoms with E-state index in [1.807, 2.05) is 0 Å². The summed E-state index contributed by atoms with van der Waals surface area (Å²) < 4.78 is 26.5. The maximum atomic E-state index is 13.3. The first-order chi connectivity index (χ1) is 8.83. The smallest absolute Gasteiger partial charge is 0.128 e. The van der Waals surface area contributed by atoms with Crippen LogP contribution in [0.1, 0.15) is 40.0 Å². The van der Waals surface area contributed by atoms with Crippen LogP contribution in [-0.2, 0) is 0 Å². The van der Waals surface area contributed by atoms with Crippen molar-refractivity contribution in [1.82, 2.24) is 0 Å². The summed E-state index contributed by atoms with van der Waals surface area (Å²) in [5.41, 5.74) is 1.07. The lowest BCUT2D eigenvalue weighted by Gasteiger charge is -2.40. The van der Waals surface area contributed by atoms with Gasteiger partial charge in [-0.2, -0.15) is 0 Å². The molecule has 0 saturated heterocycles. The summed E-state index contributed by atoms with van der Waals surface area (Å²) in [5, 5.41) is 3.37. The number of halogens is 2. The minimum atomic E-state index is -0.518. The van der Waals surface area contributed by atoms with E-state index in [0.717, 1.165) is 12.5 Å². The van der Waals surface area contributed by atoms with E-state index in [-0.39, 0.29) is 5.41 Å². The van der Waals surface area contributed by atoms with Gasteiger partial charge in [0, 0.05) is 17.8 Å². The summed E-state index contributed by atoms with van der Waals surface area (Å²) in [6.07, 6.45) is 3.57. The molecule has 3 rings (SSSR count). The van der Waals surface area contributed by atoms with Gasteiger partial charge in [-0.05, 0) is 48.1 Å². The number of rotatable bonds is 2. The van der Waals surface area contributed by atoms with E-state index in [0.29, 0.717) is 23.1 Å². The number of hydrogen-bond donors (Lipinski definition) is 1. The van der Waals surface area contributed by atoms with Crippen LogP contribution in [0.2, 0.25) is 0 Å². The summed E-state index contributed by atoms with van der Waals surface area (Å²) in [4.78, 5) is 0. The normalized spacial score (nSPS) is 35.6. The molecule has 104 valence electrons. The van der Waals surface area contributed by atoms with Crippen LogP contribution in [0.4, 0.5) is 14.5 Å². The first-order valence-electron chi connectivity index (χ1n) is 7.05. The second-order valence-corrected chi connectivity index (χ2v) is 6.97. The Hall–Kier alpha value is -1.12. The van der Waals surface area contributed by atoms with Crippen LogP contribution in [0, 0.1) is 28.4 Å². The molecule has 2 aliphatic carbocycles. The van der Waals surface area contributed by atoms with E-state index in [4.69, 9.17) is 0 Å². The van der Waals surface area contributed by atoms with Gasteiger partial charge < -0.3 is 5.32 Å². The van der Waals surface area contributed by atoms with E-state index in [9.17, 15) is 8.78 Å². The fourth-order valence-electron chi connectivity index (χ4n) is 4.26. The topological polar surface area (TPSA) is 12.0 Å². The molecule has 3 heteroatoms. The van der Waals surface area contributed by atoms with Gasteiger partial charge in [-0.15, -0.1) is 0 Å². The predicted octanol–water partition coefficient (Wildman–Crippen LogP) is 4.59. The Morgan fingerprint density at radius 3 is 2.21 bits per heavy atom. The molecule has 2 saturated carbocycles. The van der Waals surface area contributed by atoms with E-state index in [1.165, 1.54) is 25.0 Å². The maximum Gasteiger partial charge on any atom is 0.128 e. The molecule has 0 radical (unpaired) electrons. The highest BCUT2D eigenvalue weighted by Crippen LogP contribution is 2.65. The first-order valence-corrected chi connectivity index (χ1v) is 7.05. The van der Waals surface area contributed by atoms with Crippen LogP contribution >= 0.6 is 0 Å². The third-order valence-corrected chi connectivity index (χ3v) is 6.00. The summed E-state index contributed by atoms with van der Waals surface area (Å²) in [6.45, 7) is 6.98. The Labute approximate surface area is 113 Å². The van der Waals surface area contributed by atoms with E-state index < -0.39 is 11.6 Å². The van der Waals surface area contributed by atoms with Crippen molar-refractivity contribution < 1.29 is 8.78 Å². The molecule has 1 nitrogen and oxygen atoms in total. The van der Waals surface area contributed by atoms with Gasteiger partial charge in [0.2, 0.25) is 0 Å². The zero-order valence-electron chi connectivity index (χ0n) is 11.8. The minimum absolute atomic E-state index is 0.209. The quantitative estimate of drug-likeness (QED) is 0.824. The minimum Gasteiger partial charge on any atom is -0.382 e. The van der Waals surface area contributed by atoms with Crippen LogP contribution in [0.3, 0.4) is 0 Å². The maximum absolute atomic E-state index is 13.3. The van der Waals surface area contributed by atoms with Crippen LogP contribution < -0.4 is 5.32 Å². The fraction of sp³-hybridized carbons (Fsp3) is 0.625. The highest BCUT2D eigenvalue weighted by Gasteiger charge is 2.61. The van der Waals surface area contributed by atoms with E-state index in [1.54, 1.807) is 0 Å². The number of nitrogens with one attached hydrogen (secondary N) is 1. The molecular formula is C16H21F2N. The highest BCUT2D eigenvalue weighted by atomic mass is 19.1. The SMILES string of the molecule is CC1(C)C2CCC1(C)C(Nc1cc(F)cc(F)c1)C2. The Morgan fingerprint density at radius 2 is 1.74 bits per heavy atom. The summed E-state index contributed by atoms with van der Waals surface area (Å²) in [7, 11) is 0. The number of anilines is 1. The van der Waals surface area contributed by atoms with Crippen molar-refractivity contribution in [1.29, 1.82) is 0 Å². The second kappa shape index (κ2) is 3.94. The van der Waals surface area contributed by atoms with Crippen LogP contribution in [0.25, 0.3) is 0 Å². The number of benzene rings is 1. The summed E-state index contributed by atoms with van der Waals surface area (Å²) >= 11 is 0. The third kappa shape index (κ3) is 1.78. The predicted molar refractivity (Wildman–Crippen MR) is 73.0 cm³/mol. The van der Waals surface area contributed by atoms with E-state index >= 15 is 0 Å². The highest BCUT2D eigenvalue weighted by molar-refractivity contribution is 5.46. The molecule has 1 aromatic rings. The van der Waals surface area contributed by atoms with Crippen molar-refractivity contribution in [3.8, 4) is 0 Å². The van der Waals surface area contributed by atoms with Crippen LogP contribution in [0.15, 0.2) is 18.2 Å². The number of fused-ring (bicyclic) bond motifs is 2. The molecule has 0 heterocycles. The summed E-state index contributed by atoms with van der Waals surface area (Å²) in [5.74, 6) is -0.321. The van der Waals surface area contributed by atoms with Crippen LogP contribution in [-0.4, -0.2) is 6.04 Å². The second-order valence-electron chi connectivity index (χ2n) is 6.97. The number of hydrogen-bond acceptors (Lipinski definition) is 1. The molecule has 1 aromatic carbocycles. The molecule has 2 fully saturated rings. The first kappa shape index (κ1) is 12.9. The molecule has 1 N–H and O–H groups in total. The van der Waals surface area contributed by atoms with Gasteiger partial charge in [-0.1, -0.05) is 20.8 Å². The molecule has 0 aliphatic heterocycles. The molecule has 2 bridgehead atoms. The van der Waals surface area contributed by atoms with Gasteiger partial charge in [0.1, 0.15) is 11.6 Å². The molecule has 3 unspecified atom stereocenters. The van der Waals surface area contributed by atoms with Crippen molar-refractivity contribution >= 4 is 5.69 Å². The largest absolute Gasteiger partial charge is 0.382 e. The van der Waals surface area contributed by atoms with Gasteiger partial charge in [-0.3, -0.25) is 0 Å². The molecule has 0 amide bonds. The Kier molecular flexibility index (Phi) is 2.67. The Morgan fingerprint density at radius 1 is 1.11 bits per heavy atom. The van der Waals surface area contributed by atoms with Gasteiger partial charge in [0.15, 0.2) is 0 Å². The van der Waals surface area contributed by atoms with Crippen LogP contribution in [0.5, 0.6) is 0 Å². The average molecular weight is 265 g/mol. The Balaban J connectivity index is 1.86. The van der Waals surface area contributed by atoms with Crippen molar-refractivity contribution in [3.63, 3.8) is 0 Å².